The van der Waals surface area contributed by atoms with E-state index >= 15 is 0 Å². The fourth-order valence-corrected chi connectivity index (χ4v) is 1.91. The van der Waals surface area contributed by atoms with Gasteiger partial charge in [-0.15, -0.1) is 0 Å². The van der Waals surface area contributed by atoms with Gasteiger partial charge in [0.1, 0.15) is 5.82 Å². The lowest BCUT2D eigenvalue weighted by molar-refractivity contribution is 0.548. The fraction of sp³-hybridized carbons (Fsp3) is 0.357. The summed E-state index contributed by atoms with van der Waals surface area (Å²) in [6.07, 6.45) is 2.88. The van der Waals surface area contributed by atoms with Crippen LogP contribution in [0.25, 0.3) is 0 Å². The topological polar surface area (TPSA) is 29.9 Å². The van der Waals surface area contributed by atoms with Crippen LogP contribution in [0.15, 0.2) is 36.5 Å². The number of nitrogens with zero attached hydrogens (tertiary/aromatic N) is 2. The number of hydrogen-bond acceptors (Lipinski definition) is 2. The zero-order chi connectivity index (χ0) is 12.8. The summed E-state index contributed by atoms with van der Waals surface area (Å²) >= 11 is 0. The second kappa shape index (κ2) is 6.31. The van der Waals surface area contributed by atoms with Crippen molar-refractivity contribution >= 4 is 0 Å². The van der Waals surface area contributed by atoms with Gasteiger partial charge in [0.05, 0.1) is 5.69 Å². The fourth-order valence-electron chi connectivity index (χ4n) is 1.91. The summed E-state index contributed by atoms with van der Waals surface area (Å²) < 4.78 is 15.0. The van der Waals surface area contributed by atoms with Gasteiger partial charge in [0, 0.05) is 25.8 Å². The standard InChI is InChI=1S/C14H18FN3/c1-2-8-18-14(6-7-17-18)11-16-10-12-4-3-5-13(15)9-12/h3-7,9,16H,2,8,10-11H2,1H3. The van der Waals surface area contributed by atoms with Gasteiger partial charge >= 0.3 is 0 Å². The van der Waals surface area contributed by atoms with Crippen molar-refractivity contribution in [3.05, 3.63) is 53.6 Å². The van der Waals surface area contributed by atoms with Crippen LogP contribution in [0.1, 0.15) is 24.6 Å². The molecule has 0 amide bonds. The molecule has 0 bridgehead atoms. The Bertz CT molecular complexity index is 493. The van der Waals surface area contributed by atoms with E-state index in [1.807, 2.05) is 23.0 Å². The van der Waals surface area contributed by atoms with Crippen LogP contribution in [-0.2, 0) is 19.6 Å². The Kier molecular flexibility index (Phi) is 4.47. The predicted octanol–water partition coefficient (Wildman–Crippen LogP) is 2.72. The molecule has 4 heteroatoms. The molecule has 1 aromatic carbocycles. The van der Waals surface area contributed by atoms with Crippen molar-refractivity contribution in [2.24, 2.45) is 0 Å². The lowest BCUT2D eigenvalue weighted by Gasteiger charge is -2.08. The summed E-state index contributed by atoms with van der Waals surface area (Å²) in [7, 11) is 0. The number of halogens is 1. The lowest BCUT2D eigenvalue weighted by atomic mass is 10.2. The molecule has 0 saturated heterocycles. The first-order valence-corrected chi connectivity index (χ1v) is 6.25. The second-order valence-corrected chi connectivity index (χ2v) is 4.28. The minimum atomic E-state index is -0.190. The molecule has 1 aromatic heterocycles. The summed E-state index contributed by atoms with van der Waals surface area (Å²) in [5.41, 5.74) is 2.12. The molecule has 0 atom stereocenters. The molecule has 0 unspecified atom stereocenters. The second-order valence-electron chi connectivity index (χ2n) is 4.28. The Morgan fingerprint density at radius 1 is 1.28 bits per heavy atom. The molecule has 1 heterocycles. The Labute approximate surface area is 107 Å². The van der Waals surface area contributed by atoms with Crippen molar-refractivity contribution in [2.75, 3.05) is 0 Å². The summed E-state index contributed by atoms with van der Waals surface area (Å²) in [4.78, 5) is 0. The Balaban J connectivity index is 1.86. The summed E-state index contributed by atoms with van der Waals surface area (Å²) in [6, 6.07) is 8.66. The largest absolute Gasteiger partial charge is 0.307 e. The van der Waals surface area contributed by atoms with E-state index in [0.29, 0.717) is 6.54 Å². The predicted molar refractivity (Wildman–Crippen MR) is 69.5 cm³/mol. The Morgan fingerprint density at radius 3 is 2.94 bits per heavy atom. The molecular formula is C14H18FN3. The van der Waals surface area contributed by atoms with Gasteiger partial charge in [-0.05, 0) is 30.2 Å². The van der Waals surface area contributed by atoms with Crippen LogP contribution in [0.4, 0.5) is 4.39 Å². The molecule has 0 saturated carbocycles. The smallest absolute Gasteiger partial charge is 0.123 e. The third-order valence-corrected chi connectivity index (χ3v) is 2.76. The lowest BCUT2D eigenvalue weighted by Crippen LogP contribution is -2.16. The van der Waals surface area contributed by atoms with Crippen LogP contribution in [0.3, 0.4) is 0 Å². The van der Waals surface area contributed by atoms with E-state index in [-0.39, 0.29) is 5.82 Å². The third kappa shape index (κ3) is 3.40. The zero-order valence-corrected chi connectivity index (χ0v) is 10.6. The molecule has 3 nitrogen and oxygen atoms in total. The van der Waals surface area contributed by atoms with E-state index in [9.17, 15) is 4.39 Å². The number of rotatable bonds is 6. The monoisotopic (exact) mass is 247 g/mol. The summed E-state index contributed by atoms with van der Waals surface area (Å²) in [5.74, 6) is -0.190. The first kappa shape index (κ1) is 12.8. The minimum absolute atomic E-state index is 0.190. The summed E-state index contributed by atoms with van der Waals surface area (Å²) in [5, 5.41) is 7.56. The molecule has 1 N–H and O–H groups in total. The van der Waals surface area contributed by atoms with Gasteiger partial charge < -0.3 is 5.32 Å². The van der Waals surface area contributed by atoms with E-state index in [4.69, 9.17) is 0 Å². The number of aryl methyl sites for hydroxylation is 1. The zero-order valence-electron chi connectivity index (χ0n) is 10.6. The van der Waals surface area contributed by atoms with Gasteiger partial charge in [0.15, 0.2) is 0 Å². The molecule has 0 radical (unpaired) electrons. The molecule has 18 heavy (non-hydrogen) atoms. The van der Waals surface area contributed by atoms with Crippen LogP contribution >= 0.6 is 0 Å². The van der Waals surface area contributed by atoms with E-state index in [2.05, 4.69) is 17.3 Å². The first-order valence-electron chi connectivity index (χ1n) is 6.25. The summed E-state index contributed by atoms with van der Waals surface area (Å²) in [6.45, 7) is 4.47. The highest BCUT2D eigenvalue weighted by atomic mass is 19.1. The van der Waals surface area contributed by atoms with Gasteiger partial charge in [-0.1, -0.05) is 19.1 Å². The van der Waals surface area contributed by atoms with Crippen LogP contribution in [-0.4, -0.2) is 9.78 Å². The third-order valence-electron chi connectivity index (χ3n) is 2.76. The van der Waals surface area contributed by atoms with Crippen molar-refractivity contribution in [1.82, 2.24) is 15.1 Å². The van der Waals surface area contributed by atoms with Crippen LogP contribution in [0, 0.1) is 5.82 Å². The molecule has 0 spiro atoms. The van der Waals surface area contributed by atoms with E-state index in [1.54, 1.807) is 12.1 Å². The number of benzene rings is 1. The maximum atomic E-state index is 13.0. The SMILES string of the molecule is CCCn1nccc1CNCc1cccc(F)c1. The van der Waals surface area contributed by atoms with Gasteiger partial charge in [-0.2, -0.15) is 5.10 Å². The molecule has 0 aliphatic heterocycles. The number of nitrogens with one attached hydrogen (secondary N) is 1. The van der Waals surface area contributed by atoms with Crippen molar-refractivity contribution in [3.8, 4) is 0 Å². The van der Waals surface area contributed by atoms with E-state index in [0.717, 1.165) is 30.8 Å². The highest BCUT2D eigenvalue weighted by molar-refractivity contribution is 5.16. The molecule has 2 rings (SSSR count). The first-order chi connectivity index (χ1) is 8.79. The molecule has 0 fully saturated rings. The molecular weight excluding hydrogens is 229 g/mol. The van der Waals surface area contributed by atoms with Crippen molar-refractivity contribution in [2.45, 2.75) is 33.0 Å². The van der Waals surface area contributed by atoms with E-state index in [1.165, 1.54) is 6.07 Å². The quantitative estimate of drug-likeness (QED) is 0.850. The molecule has 96 valence electrons. The average molecular weight is 247 g/mol. The maximum absolute atomic E-state index is 13.0. The highest BCUT2D eigenvalue weighted by Gasteiger charge is 2.01. The molecule has 0 aliphatic carbocycles. The van der Waals surface area contributed by atoms with Crippen LogP contribution in [0.2, 0.25) is 0 Å². The van der Waals surface area contributed by atoms with E-state index < -0.39 is 0 Å². The average Bonchev–Trinajstić information content (AvgIpc) is 2.78. The van der Waals surface area contributed by atoms with Gasteiger partial charge in [-0.25, -0.2) is 4.39 Å². The Hall–Kier alpha value is -1.68. The maximum Gasteiger partial charge on any atom is 0.123 e. The highest BCUT2D eigenvalue weighted by Crippen LogP contribution is 2.04. The van der Waals surface area contributed by atoms with Gasteiger partial charge in [-0.3, -0.25) is 4.68 Å². The minimum Gasteiger partial charge on any atom is -0.307 e. The molecule has 2 aromatic rings. The number of hydrogen-bond donors (Lipinski definition) is 1. The van der Waals surface area contributed by atoms with Gasteiger partial charge in [0.2, 0.25) is 0 Å². The Morgan fingerprint density at radius 2 is 2.17 bits per heavy atom. The van der Waals surface area contributed by atoms with Crippen LogP contribution in [0.5, 0.6) is 0 Å². The van der Waals surface area contributed by atoms with Crippen molar-refractivity contribution in [1.29, 1.82) is 0 Å². The van der Waals surface area contributed by atoms with Gasteiger partial charge in [0.25, 0.3) is 0 Å². The number of aromatic nitrogens is 2. The molecule has 0 aliphatic rings. The van der Waals surface area contributed by atoms with Crippen LogP contribution < -0.4 is 5.32 Å². The van der Waals surface area contributed by atoms with Crippen molar-refractivity contribution < 1.29 is 4.39 Å². The van der Waals surface area contributed by atoms with Crippen molar-refractivity contribution in [3.63, 3.8) is 0 Å². The normalized spacial score (nSPS) is 10.8.